The van der Waals surface area contributed by atoms with Crippen LogP contribution >= 0.6 is 0 Å². The molecule has 0 saturated carbocycles. The molecule has 2 N–H and O–H groups in total. The molecular formula is C19H20N4. The van der Waals surface area contributed by atoms with Crippen molar-refractivity contribution in [1.82, 2.24) is 9.97 Å². The number of nitrogens with zero attached hydrogens (tertiary/aromatic N) is 3. The Balaban J connectivity index is 2.21. The molecule has 4 heteroatoms. The highest BCUT2D eigenvalue weighted by Gasteiger charge is 2.17. The molecule has 0 amide bonds. The fourth-order valence-electron chi connectivity index (χ4n) is 2.79. The van der Waals surface area contributed by atoms with Gasteiger partial charge in [-0.25, -0.2) is 9.97 Å². The summed E-state index contributed by atoms with van der Waals surface area (Å²) in [5, 5.41) is 0. The minimum absolute atomic E-state index is 0.494. The Labute approximate surface area is 136 Å². The number of aryl methyl sites for hydroxylation is 1. The zero-order chi connectivity index (χ0) is 16.1. The molecule has 0 spiro atoms. The summed E-state index contributed by atoms with van der Waals surface area (Å²) in [4.78, 5) is 10.6. The molecule has 23 heavy (non-hydrogen) atoms. The fraction of sp³-hybridized carbons (Fsp3) is 0.158. The van der Waals surface area contributed by atoms with E-state index in [-0.39, 0.29) is 0 Å². The third-order valence-corrected chi connectivity index (χ3v) is 3.88. The predicted octanol–water partition coefficient (Wildman–Crippen LogP) is 3.97. The number of anilines is 3. The lowest BCUT2D eigenvalue weighted by Crippen LogP contribution is -2.16. The normalized spacial score (nSPS) is 10.5. The third kappa shape index (κ3) is 3.07. The average molecular weight is 304 g/mol. The lowest BCUT2D eigenvalue weighted by molar-refractivity contribution is 0.989. The molecule has 3 rings (SSSR count). The van der Waals surface area contributed by atoms with Crippen LogP contribution in [0.2, 0.25) is 0 Å². The van der Waals surface area contributed by atoms with Gasteiger partial charge in [-0.1, -0.05) is 37.3 Å². The Bertz CT molecular complexity index is 717. The molecule has 0 aliphatic heterocycles. The zero-order valence-corrected chi connectivity index (χ0v) is 13.2. The van der Waals surface area contributed by atoms with Crippen molar-refractivity contribution in [3.05, 3.63) is 78.2 Å². The maximum atomic E-state index is 6.06. The Morgan fingerprint density at radius 2 is 1.83 bits per heavy atom. The van der Waals surface area contributed by atoms with E-state index >= 15 is 0 Å². The standard InChI is InChI=1S/C19H20N4/c1-2-15-7-6-10-18(17(15)13-20)23(16-8-4-3-5-9-16)19-11-12-21-14-22-19/h3-12,14H,2,13,20H2,1H3. The summed E-state index contributed by atoms with van der Waals surface area (Å²) < 4.78 is 0. The molecule has 116 valence electrons. The Morgan fingerprint density at radius 1 is 1.00 bits per heavy atom. The summed E-state index contributed by atoms with van der Waals surface area (Å²) in [6.07, 6.45) is 4.27. The van der Waals surface area contributed by atoms with Gasteiger partial charge < -0.3 is 5.73 Å². The first-order valence-corrected chi connectivity index (χ1v) is 7.77. The summed E-state index contributed by atoms with van der Waals surface area (Å²) in [5.74, 6) is 0.828. The molecule has 0 atom stereocenters. The minimum Gasteiger partial charge on any atom is -0.326 e. The Hall–Kier alpha value is -2.72. The molecule has 3 aromatic rings. The molecule has 4 nitrogen and oxygen atoms in total. The second-order valence-corrected chi connectivity index (χ2v) is 5.21. The van der Waals surface area contributed by atoms with Gasteiger partial charge in [-0.2, -0.15) is 0 Å². The number of benzene rings is 2. The lowest BCUT2D eigenvalue weighted by Gasteiger charge is -2.27. The Morgan fingerprint density at radius 3 is 2.48 bits per heavy atom. The first kappa shape index (κ1) is 15.2. The maximum absolute atomic E-state index is 6.06. The van der Waals surface area contributed by atoms with Crippen LogP contribution in [-0.4, -0.2) is 9.97 Å². The van der Waals surface area contributed by atoms with Crippen LogP contribution in [0, 0.1) is 0 Å². The molecule has 1 heterocycles. The number of aromatic nitrogens is 2. The van der Waals surface area contributed by atoms with Gasteiger partial charge in [0.05, 0.1) is 5.69 Å². The monoisotopic (exact) mass is 304 g/mol. The van der Waals surface area contributed by atoms with Crippen LogP contribution in [0.5, 0.6) is 0 Å². The highest BCUT2D eigenvalue weighted by molar-refractivity contribution is 5.77. The van der Waals surface area contributed by atoms with E-state index < -0.39 is 0 Å². The fourth-order valence-corrected chi connectivity index (χ4v) is 2.79. The molecule has 0 aliphatic carbocycles. The molecule has 0 bridgehead atoms. The van der Waals surface area contributed by atoms with Crippen molar-refractivity contribution >= 4 is 17.2 Å². The largest absolute Gasteiger partial charge is 0.326 e. The van der Waals surface area contributed by atoms with Crippen LogP contribution in [0.15, 0.2) is 67.1 Å². The van der Waals surface area contributed by atoms with Gasteiger partial charge in [0.2, 0.25) is 0 Å². The van der Waals surface area contributed by atoms with Crippen molar-refractivity contribution < 1.29 is 0 Å². The number of para-hydroxylation sites is 1. The van der Waals surface area contributed by atoms with E-state index in [1.165, 1.54) is 5.56 Å². The van der Waals surface area contributed by atoms with Crippen molar-refractivity contribution in [2.45, 2.75) is 19.9 Å². The summed E-state index contributed by atoms with van der Waals surface area (Å²) in [6, 6.07) is 18.4. The van der Waals surface area contributed by atoms with Crippen molar-refractivity contribution in [2.24, 2.45) is 5.73 Å². The van der Waals surface area contributed by atoms with Gasteiger partial charge in [0, 0.05) is 18.4 Å². The number of rotatable bonds is 5. The first-order chi connectivity index (χ1) is 11.3. The second-order valence-electron chi connectivity index (χ2n) is 5.21. The van der Waals surface area contributed by atoms with Crippen LogP contribution in [0.25, 0.3) is 0 Å². The van der Waals surface area contributed by atoms with Crippen LogP contribution < -0.4 is 10.6 Å². The Kier molecular flexibility index (Phi) is 4.64. The summed E-state index contributed by atoms with van der Waals surface area (Å²) in [6.45, 7) is 2.64. The molecule has 0 unspecified atom stereocenters. The van der Waals surface area contributed by atoms with Gasteiger partial charge in [-0.3, -0.25) is 4.90 Å². The molecule has 1 aromatic heterocycles. The smallest absolute Gasteiger partial charge is 0.140 e. The van der Waals surface area contributed by atoms with E-state index in [0.717, 1.165) is 29.2 Å². The van der Waals surface area contributed by atoms with Crippen molar-refractivity contribution in [3.8, 4) is 0 Å². The van der Waals surface area contributed by atoms with E-state index in [1.54, 1.807) is 12.5 Å². The van der Waals surface area contributed by atoms with Gasteiger partial charge in [0.25, 0.3) is 0 Å². The predicted molar refractivity (Wildman–Crippen MR) is 94.0 cm³/mol. The SMILES string of the molecule is CCc1cccc(N(c2ccccc2)c2ccncn2)c1CN. The molecule has 2 aromatic carbocycles. The summed E-state index contributed by atoms with van der Waals surface area (Å²) in [7, 11) is 0. The van der Waals surface area contributed by atoms with Gasteiger partial charge in [-0.05, 0) is 41.8 Å². The second kappa shape index (κ2) is 7.03. The van der Waals surface area contributed by atoms with E-state index in [0.29, 0.717) is 6.54 Å². The average Bonchev–Trinajstić information content (AvgIpc) is 2.63. The molecule has 0 radical (unpaired) electrons. The van der Waals surface area contributed by atoms with E-state index in [1.807, 2.05) is 24.3 Å². The van der Waals surface area contributed by atoms with E-state index in [2.05, 4.69) is 52.1 Å². The quantitative estimate of drug-likeness (QED) is 0.775. The summed E-state index contributed by atoms with van der Waals surface area (Å²) in [5.41, 5.74) is 10.6. The third-order valence-electron chi connectivity index (χ3n) is 3.88. The van der Waals surface area contributed by atoms with Crippen LogP contribution in [0.1, 0.15) is 18.1 Å². The summed E-state index contributed by atoms with van der Waals surface area (Å²) >= 11 is 0. The van der Waals surface area contributed by atoms with Gasteiger partial charge in [-0.15, -0.1) is 0 Å². The van der Waals surface area contributed by atoms with Gasteiger partial charge in [0.15, 0.2) is 0 Å². The highest BCUT2D eigenvalue weighted by atomic mass is 15.2. The first-order valence-electron chi connectivity index (χ1n) is 7.77. The van der Waals surface area contributed by atoms with Crippen LogP contribution in [0.3, 0.4) is 0 Å². The van der Waals surface area contributed by atoms with E-state index in [4.69, 9.17) is 5.73 Å². The topological polar surface area (TPSA) is 55.0 Å². The van der Waals surface area contributed by atoms with Gasteiger partial charge in [0.1, 0.15) is 12.1 Å². The molecule has 0 aliphatic rings. The number of nitrogens with two attached hydrogens (primary N) is 1. The van der Waals surface area contributed by atoms with Crippen molar-refractivity contribution in [3.63, 3.8) is 0 Å². The highest BCUT2D eigenvalue weighted by Crippen LogP contribution is 2.36. The minimum atomic E-state index is 0.494. The maximum Gasteiger partial charge on any atom is 0.140 e. The van der Waals surface area contributed by atoms with Crippen molar-refractivity contribution in [1.29, 1.82) is 0 Å². The lowest BCUT2D eigenvalue weighted by atomic mass is 10.0. The molecule has 0 saturated heterocycles. The van der Waals surface area contributed by atoms with Crippen molar-refractivity contribution in [2.75, 3.05) is 4.90 Å². The van der Waals surface area contributed by atoms with E-state index in [9.17, 15) is 0 Å². The number of hydrogen-bond acceptors (Lipinski definition) is 4. The van der Waals surface area contributed by atoms with Gasteiger partial charge >= 0.3 is 0 Å². The molecular weight excluding hydrogens is 284 g/mol. The van der Waals surface area contributed by atoms with Crippen LogP contribution in [-0.2, 0) is 13.0 Å². The number of hydrogen-bond donors (Lipinski definition) is 1. The van der Waals surface area contributed by atoms with Crippen LogP contribution in [0.4, 0.5) is 17.2 Å². The zero-order valence-electron chi connectivity index (χ0n) is 13.2. The molecule has 0 fully saturated rings.